The molecule has 0 radical (unpaired) electrons. The van der Waals surface area contributed by atoms with Crippen LogP contribution in [0, 0.1) is 5.92 Å². The minimum atomic E-state index is -0.606. The fraction of sp³-hybridized carbons (Fsp3) is 0.526. The number of imide groups is 1. The van der Waals surface area contributed by atoms with E-state index in [0.29, 0.717) is 12.3 Å². The van der Waals surface area contributed by atoms with E-state index in [2.05, 4.69) is 40.2 Å². The van der Waals surface area contributed by atoms with Gasteiger partial charge in [0, 0.05) is 12.0 Å². The molecule has 1 saturated heterocycles. The zero-order valence-electron chi connectivity index (χ0n) is 14.7. The maximum Gasteiger partial charge on any atom is 0.322 e. The Morgan fingerprint density at radius 3 is 2.40 bits per heavy atom. The third kappa shape index (κ3) is 4.38. The second kappa shape index (κ2) is 6.86. The van der Waals surface area contributed by atoms with Crippen LogP contribution in [-0.4, -0.2) is 29.4 Å². The molecule has 1 aromatic carbocycles. The summed E-state index contributed by atoms with van der Waals surface area (Å²) in [4.78, 5) is 34.8. The predicted octanol–water partition coefficient (Wildman–Crippen LogP) is 1.67. The molecule has 0 bridgehead atoms. The van der Waals surface area contributed by atoms with E-state index in [9.17, 15) is 14.4 Å². The summed E-state index contributed by atoms with van der Waals surface area (Å²) in [5.41, 5.74) is 2.53. The highest BCUT2D eigenvalue weighted by Crippen LogP contribution is 2.31. The molecular formula is C19H25N3O3. The van der Waals surface area contributed by atoms with Crippen LogP contribution < -0.4 is 16.0 Å². The van der Waals surface area contributed by atoms with E-state index in [1.165, 1.54) is 11.1 Å². The third-order valence-electron chi connectivity index (χ3n) is 4.93. The topological polar surface area (TPSA) is 87.3 Å². The third-order valence-corrected chi connectivity index (χ3v) is 4.93. The van der Waals surface area contributed by atoms with Gasteiger partial charge in [0.1, 0.15) is 6.04 Å². The van der Waals surface area contributed by atoms with Gasteiger partial charge in [-0.1, -0.05) is 24.3 Å². The van der Waals surface area contributed by atoms with Crippen LogP contribution >= 0.6 is 0 Å². The first-order valence-corrected chi connectivity index (χ1v) is 8.81. The van der Waals surface area contributed by atoms with Gasteiger partial charge in [0.25, 0.3) is 5.91 Å². The average molecular weight is 343 g/mol. The van der Waals surface area contributed by atoms with Crippen molar-refractivity contribution in [2.75, 3.05) is 0 Å². The van der Waals surface area contributed by atoms with Gasteiger partial charge in [0.05, 0.1) is 0 Å². The lowest BCUT2D eigenvalue weighted by molar-refractivity contribution is -0.123. The van der Waals surface area contributed by atoms with E-state index >= 15 is 0 Å². The SMILES string of the molecule is CC(C)(CC1Cc2ccccc2C1)NC(=O)CC[C@@H]1NC(=O)NC1=O. The summed E-state index contributed by atoms with van der Waals surface area (Å²) in [7, 11) is 0. The number of hydrogen-bond donors (Lipinski definition) is 3. The maximum atomic E-state index is 12.2. The molecular weight excluding hydrogens is 318 g/mol. The summed E-state index contributed by atoms with van der Waals surface area (Å²) in [6.45, 7) is 4.08. The maximum absolute atomic E-state index is 12.2. The smallest absolute Gasteiger partial charge is 0.322 e. The first-order chi connectivity index (χ1) is 11.8. The Hall–Kier alpha value is -2.37. The van der Waals surface area contributed by atoms with Gasteiger partial charge >= 0.3 is 6.03 Å². The van der Waals surface area contributed by atoms with Crippen molar-refractivity contribution in [3.8, 4) is 0 Å². The number of hydrogen-bond acceptors (Lipinski definition) is 3. The highest BCUT2D eigenvalue weighted by molar-refractivity contribution is 6.04. The van der Waals surface area contributed by atoms with Crippen molar-refractivity contribution in [2.45, 2.75) is 57.5 Å². The molecule has 6 nitrogen and oxygen atoms in total. The fourth-order valence-corrected chi connectivity index (χ4v) is 3.94. The second-order valence-electron chi connectivity index (χ2n) is 7.73. The summed E-state index contributed by atoms with van der Waals surface area (Å²) in [5.74, 6) is 0.0860. The standard InChI is InChI=1S/C19H25N3O3/c1-19(2,11-12-9-13-5-3-4-6-14(13)10-12)22-16(23)8-7-15-17(24)21-18(25)20-15/h3-6,12,15H,7-11H2,1-2H3,(H,22,23)(H2,20,21,24,25)/t15-/m0/s1. The molecule has 2 aliphatic rings. The van der Waals surface area contributed by atoms with Crippen molar-refractivity contribution < 1.29 is 14.4 Å². The van der Waals surface area contributed by atoms with E-state index in [1.807, 2.05) is 13.8 Å². The van der Waals surface area contributed by atoms with Gasteiger partial charge in [-0.25, -0.2) is 4.79 Å². The summed E-state index contributed by atoms with van der Waals surface area (Å²) < 4.78 is 0. The minimum absolute atomic E-state index is 0.0885. The van der Waals surface area contributed by atoms with E-state index in [0.717, 1.165) is 19.3 Å². The molecule has 0 spiro atoms. The van der Waals surface area contributed by atoms with Crippen LogP contribution in [0.1, 0.15) is 44.2 Å². The highest BCUT2D eigenvalue weighted by atomic mass is 16.2. The number of amides is 4. The van der Waals surface area contributed by atoms with Crippen molar-refractivity contribution in [3.63, 3.8) is 0 Å². The zero-order valence-corrected chi connectivity index (χ0v) is 14.7. The molecule has 0 unspecified atom stereocenters. The molecule has 1 fully saturated rings. The Bertz CT molecular complexity index is 674. The zero-order chi connectivity index (χ0) is 18.0. The summed E-state index contributed by atoms with van der Waals surface area (Å²) in [6.07, 6.45) is 3.56. The van der Waals surface area contributed by atoms with Crippen LogP contribution in [0.5, 0.6) is 0 Å². The highest BCUT2D eigenvalue weighted by Gasteiger charge is 2.31. The van der Waals surface area contributed by atoms with E-state index < -0.39 is 12.1 Å². The normalized spacial score (nSPS) is 20.2. The molecule has 3 rings (SSSR count). The van der Waals surface area contributed by atoms with Crippen molar-refractivity contribution in [3.05, 3.63) is 35.4 Å². The molecule has 1 aliphatic heterocycles. The quantitative estimate of drug-likeness (QED) is 0.687. The van der Waals surface area contributed by atoms with Gasteiger partial charge < -0.3 is 10.6 Å². The van der Waals surface area contributed by atoms with E-state index in [-0.39, 0.29) is 23.8 Å². The van der Waals surface area contributed by atoms with Crippen molar-refractivity contribution >= 4 is 17.8 Å². The van der Waals surface area contributed by atoms with Gasteiger partial charge in [-0.15, -0.1) is 0 Å². The van der Waals surface area contributed by atoms with Gasteiger partial charge in [-0.3, -0.25) is 14.9 Å². The van der Waals surface area contributed by atoms with Crippen LogP contribution in [0.2, 0.25) is 0 Å². The van der Waals surface area contributed by atoms with Crippen molar-refractivity contribution in [2.24, 2.45) is 5.92 Å². The van der Waals surface area contributed by atoms with Gasteiger partial charge in [-0.2, -0.15) is 0 Å². The molecule has 4 amide bonds. The Morgan fingerprint density at radius 1 is 1.20 bits per heavy atom. The predicted molar refractivity (Wildman–Crippen MR) is 93.9 cm³/mol. The Labute approximate surface area is 147 Å². The molecule has 0 aromatic heterocycles. The minimum Gasteiger partial charge on any atom is -0.351 e. The molecule has 1 atom stereocenters. The number of rotatable bonds is 6. The van der Waals surface area contributed by atoms with Crippen LogP contribution in [0.15, 0.2) is 24.3 Å². The summed E-state index contributed by atoms with van der Waals surface area (Å²) >= 11 is 0. The van der Waals surface area contributed by atoms with E-state index in [1.54, 1.807) is 0 Å². The number of fused-ring (bicyclic) bond motifs is 1. The van der Waals surface area contributed by atoms with Crippen LogP contribution in [0.25, 0.3) is 0 Å². The fourth-order valence-electron chi connectivity index (χ4n) is 3.94. The lowest BCUT2D eigenvalue weighted by Crippen LogP contribution is -2.45. The largest absolute Gasteiger partial charge is 0.351 e. The molecule has 25 heavy (non-hydrogen) atoms. The summed E-state index contributed by atoms with van der Waals surface area (Å²) in [5, 5.41) is 7.76. The molecule has 0 saturated carbocycles. The number of urea groups is 1. The van der Waals surface area contributed by atoms with Crippen molar-refractivity contribution in [1.29, 1.82) is 0 Å². The first kappa shape index (κ1) is 17.5. The first-order valence-electron chi connectivity index (χ1n) is 8.81. The molecule has 134 valence electrons. The van der Waals surface area contributed by atoms with Crippen molar-refractivity contribution in [1.82, 2.24) is 16.0 Å². The molecule has 3 N–H and O–H groups in total. The average Bonchev–Trinajstić information content (AvgIpc) is 3.05. The van der Waals surface area contributed by atoms with Gasteiger partial charge in [-0.05, 0) is 56.6 Å². The summed E-state index contributed by atoms with van der Waals surface area (Å²) in [6, 6.07) is 7.42. The second-order valence-corrected chi connectivity index (χ2v) is 7.73. The Kier molecular flexibility index (Phi) is 4.79. The molecule has 6 heteroatoms. The van der Waals surface area contributed by atoms with Crippen LogP contribution in [-0.2, 0) is 22.4 Å². The van der Waals surface area contributed by atoms with E-state index in [4.69, 9.17) is 0 Å². The monoisotopic (exact) mass is 343 g/mol. The number of nitrogens with one attached hydrogen (secondary N) is 3. The number of carbonyl (C=O) groups excluding carboxylic acids is 3. The Morgan fingerprint density at radius 2 is 1.84 bits per heavy atom. The lowest BCUT2D eigenvalue weighted by atomic mass is 9.88. The van der Waals surface area contributed by atoms with Gasteiger partial charge in [0.15, 0.2) is 0 Å². The molecule has 1 aromatic rings. The van der Waals surface area contributed by atoms with Crippen LogP contribution in [0.4, 0.5) is 4.79 Å². The Balaban J connectivity index is 1.46. The molecule has 1 heterocycles. The number of benzene rings is 1. The number of carbonyl (C=O) groups is 3. The molecule has 1 aliphatic carbocycles. The van der Waals surface area contributed by atoms with Gasteiger partial charge in [0.2, 0.25) is 5.91 Å². The lowest BCUT2D eigenvalue weighted by Gasteiger charge is -2.29. The van der Waals surface area contributed by atoms with Crippen LogP contribution in [0.3, 0.4) is 0 Å².